The van der Waals surface area contributed by atoms with E-state index in [1.165, 1.54) is 6.07 Å². The Morgan fingerprint density at radius 3 is 2.83 bits per heavy atom. The SMILES string of the molecule is Cc1cc(Nc2ccc(F)c(Cl)c2)c2c(ccc3ncnc32)[nH]1. The molecule has 0 saturated carbocycles. The van der Waals surface area contributed by atoms with Gasteiger partial charge in [-0.2, -0.15) is 0 Å². The number of pyridine rings is 1. The molecule has 0 radical (unpaired) electrons. The van der Waals surface area contributed by atoms with Crippen molar-refractivity contribution < 1.29 is 4.39 Å². The number of anilines is 2. The average Bonchev–Trinajstić information content (AvgIpc) is 2.99. The number of hydrogen-bond donors (Lipinski definition) is 2. The minimum atomic E-state index is -0.441. The van der Waals surface area contributed by atoms with Gasteiger partial charge in [0, 0.05) is 22.3 Å². The quantitative estimate of drug-likeness (QED) is 0.547. The Morgan fingerprint density at radius 1 is 1.13 bits per heavy atom. The van der Waals surface area contributed by atoms with Crippen LogP contribution >= 0.6 is 11.6 Å². The highest BCUT2D eigenvalue weighted by molar-refractivity contribution is 6.31. The van der Waals surface area contributed by atoms with E-state index in [1.54, 1.807) is 18.5 Å². The molecule has 0 spiro atoms. The van der Waals surface area contributed by atoms with Crippen LogP contribution in [0.15, 0.2) is 42.7 Å². The molecule has 2 aromatic heterocycles. The maximum atomic E-state index is 13.3. The predicted molar refractivity (Wildman–Crippen MR) is 90.8 cm³/mol. The third-order valence-electron chi connectivity index (χ3n) is 3.70. The molecule has 0 bridgehead atoms. The number of nitrogens with zero attached hydrogens (tertiary/aromatic N) is 2. The molecule has 2 aromatic carbocycles. The average molecular weight is 327 g/mol. The van der Waals surface area contributed by atoms with E-state index in [4.69, 9.17) is 11.6 Å². The lowest BCUT2D eigenvalue weighted by Gasteiger charge is -2.12. The molecule has 0 aliphatic carbocycles. The highest BCUT2D eigenvalue weighted by atomic mass is 35.5. The van der Waals surface area contributed by atoms with E-state index in [2.05, 4.69) is 20.3 Å². The maximum absolute atomic E-state index is 13.3. The summed E-state index contributed by atoms with van der Waals surface area (Å²) in [6.45, 7) is 1.98. The summed E-state index contributed by atoms with van der Waals surface area (Å²) in [7, 11) is 0. The van der Waals surface area contributed by atoms with Crippen molar-refractivity contribution in [3.63, 3.8) is 0 Å². The van der Waals surface area contributed by atoms with Crippen LogP contribution in [0, 0.1) is 12.7 Å². The van der Waals surface area contributed by atoms with Gasteiger partial charge in [-0.1, -0.05) is 11.6 Å². The number of imidazole rings is 1. The van der Waals surface area contributed by atoms with Gasteiger partial charge >= 0.3 is 0 Å². The molecule has 6 heteroatoms. The molecule has 0 amide bonds. The summed E-state index contributed by atoms with van der Waals surface area (Å²) in [6, 6.07) is 10.4. The van der Waals surface area contributed by atoms with Gasteiger partial charge in [0.1, 0.15) is 17.7 Å². The number of nitrogens with one attached hydrogen (secondary N) is 2. The molecule has 0 saturated heterocycles. The summed E-state index contributed by atoms with van der Waals surface area (Å²) in [6.07, 6.45) is 1.54. The highest BCUT2D eigenvalue weighted by Gasteiger charge is 2.11. The molecule has 0 fully saturated rings. The zero-order chi connectivity index (χ0) is 16.0. The van der Waals surface area contributed by atoms with Gasteiger partial charge in [0.05, 0.1) is 16.2 Å². The molecule has 0 unspecified atom stereocenters. The summed E-state index contributed by atoms with van der Waals surface area (Å²) in [5.74, 6) is -0.441. The van der Waals surface area contributed by atoms with E-state index >= 15 is 0 Å². The Morgan fingerprint density at radius 2 is 2.00 bits per heavy atom. The molecular formula is C17H12ClFN4. The molecule has 0 aliphatic heterocycles. The van der Waals surface area contributed by atoms with Crippen molar-refractivity contribution in [3.05, 3.63) is 59.3 Å². The van der Waals surface area contributed by atoms with Crippen molar-refractivity contribution in [2.24, 2.45) is 0 Å². The molecule has 0 aliphatic rings. The standard InChI is InChI=1S/C17H12ClFN4/c1-9-6-15(23-10-2-3-12(19)11(18)7-10)16-13(22-9)4-5-14-17(16)21-8-20-14/h2-8,22-23H,1H3. The first-order valence-corrected chi connectivity index (χ1v) is 7.45. The number of H-pyrrole nitrogens is 1. The lowest BCUT2D eigenvalue weighted by molar-refractivity contribution is 0.628. The van der Waals surface area contributed by atoms with Crippen molar-refractivity contribution in [1.29, 1.82) is 0 Å². The fourth-order valence-corrected chi connectivity index (χ4v) is 2.89. The van der Waals surface area contributed by atoms with Gasteiger partial charge in [0.2, 0.25) is 0 Å². The summed E-state index contributed by atoms with van der Waals surface area (Å²) in [4.78, 5) is 11.9. The first kappa shape index (κ1) is 14.0. The van der Waals surface area contributed by atoms with Crippen LogP contribution in [0.3, 0.4) is 0 Å². The van der Waals surface area contributed by atoms with Crippen LogP contribution < -0.4 is 5.32 Å². The fraction of sp³-hybridized carbons (Fsp3) is 0.0588. The molecule has 114 valence electrons. The van der Waals surface area contributed by atoms with E-state index in [9.17, 15) is 4.39 Å². The van der Waals surface area contributed by atoms with Crippen LogP contribution in [0.4, 0.5) is 15.8 Å². The maximum Gasteiger partial charge on any atom is 0.141 e. The van der Waals surface area contributed by atoms with Crippen LogP contribution in [0.1, 0.15) is 5.69 Å². The Bertz CT molecular complexity index is 1040. The number of aromatic amines is 1. The normalized spacial score (nSPS) is 11.3. The van der Waals surface area contributed by atoms with Gasteiger partial charge in [0.25, 0.3) is 0 Å². The Balaban J connectivity index is 1.94. The van der Waals surface area contributed by atoms with Gasteiger partial charge < -0.3 is 10.3 Å². The van der Waals surface area contributed by atoms with E-state index in [0.717, 1.165) is 33.3 Å². The third kappa shape index (κ3) is 2.39. The number of fused-ring (bicyclic) bond motifs is 3. The monoisotopic (exact) mass is 326 g/mol. The lowest BCUT2D eigenvalue weighted by Crippen LogP contribution is -1.96. The summed E-state index contributed by atoms with van der Waals surface area (Å²) in [5.41, 5.74) is 5.16. The molecule has 4 rings (SSSR count). The van der Waals surface area contributed by atoms with Crippen molar-refractivity contribution in [2.75, 3.05) is 5.32 Å². The molecule has 4 nitrogen and oxygen atoms in total. The number of hydrogen-bond acceptors (Lipinski definition) is 3. The molecule has 4 aromatic rings. The molecule has 0 atom stereocenters. The zero-order valence-corrected chi connectivity index (χ0v) is 12.9. The fourth-order valence-electron chi connectivity index (χ4n) is 2.71. The van der Waals surface area contributed by atoms with E-state index in [-0.39, 0.29) is 5.02 Å². The van der Waals surface area contributed by atoms with Crippen LogP contribution in [0.2, 0.25) is 5.02 Å². The summed E-state index contributed by atoms with van der Waals surface area (Å²) < 4.78 is 13.3. The minimum absolute atomic E-state index is 0.0803. The van der Waals surface area contributed by atoms with Crippen LogP contribution in [0.5, 0.6) is 0 Å². The molecular weight excluding hydrogens is 315 g/mol. The lowest BCUT2D eigenvalue weighted by atomic mass is 10.1. The van der Waals surface area contributed by atoms with Crippen molar-refractivity contribution in [2.45, 2.75) is 6.92 Å². The summed E-state index contributed by atoms with van der Waals surface area (Å²) in [5, 5.41) is 4.32. The Hall–Kier alpha value is -2.66. The van der Waals surface area contributed by atoms with Crippen LogP contribution in [0.25, 0.3) is 21.9 Å². The van der Waals surface area contributed by atoms with Gasteiger partial charge in [-0.05, 0) is 43.3 Å². The highest BCUT2D eigenvalue weighted by Crippen LogP contribution is 2.32. The van der Waals surface area contributed by atoms with E-state index in [0.29, 0.717) is 5.69 Å². The number of aromatic nitrogens is 3. The number of benzene rings is 2. The predicted octanol–water partition coefficient (Wildman–Crippen LogP) is 4.96. The smallest absolute Gasteiger partial charge is 0.141 e. The van der Waals surface area contributed by atoms with Crippen molar-refractivity contribution >= 4 is 44.9 Å². The van der Waals surface area contributed by atoms with Gasteiger partial charge in [-0.3, -0.25) is 0 Å². The second-order valence-electron chi connectivity index (χ2n) is 5.35. The first-order valence-electron chi connectivity index (χ1n) is 7.07. The van der Waals surface area contributed by atoms with Gasteiger partial charge in [-0.25, -0.2) is 14.4 Å². The van der Waals surface area contributed by atoms with Crippen molar-refractivity contribution in [1.82, 2.24) is 15.0 Å². The topological polar surface area (TPSA) is 53.6 Å². The number of aryl methyl sites for hydroxylation is 1. The van der Waals surface area contributed by atoms with Crippen molar-refractivity contribution in [3.8, 4) is 0 Å². The van der Waals surface area contributed by atoms with Crippen LogP contribution in [-0.4, -0.2) is 15.0 Å². The van der Waals surface area contributed by atoms with Gasteiger partial charge in [0.15, 0.2) is 0 Å². The minimum Gasteiger partial charge on any atom is -0.358 e. The zero-order valence-electron chi connectivity index (χ0n) is 12.2. The molecule has 2 heterocycles. The van der Waals surface area contributed by atoms with Gasteiger partial charge in [-0.15, -0.1) is 0 Å². The number of rotatable bonds is 2. The molecule has 2 N–H and O–H groups in total. The Labute approximate surface area is 136 Å². The van der Waals surface area contributed by atoms with E-state index in [1.807, 2.05) is 25.1 Å². The van der Waals surface area contributed by atoms with E-state index < -0.39 is 5.82 Å². The second kappa shape index (κ2) is 5.21. The Kier molecular flexibility index (Phi) is 3.16. The summed E-state index contributed by atoms with van der Waals surface area (Å²) >= 11 is 5.86. The second-order valence-corrected chi connectivity index (χ2v) is 5.76. The number of halogens is 2. The first-order chi connectivity index (χ1) is 11.1. The third-order valence-corrected chi connectivity index (χ3v) is 3.99. The molecule has 23 heavy (non-hydrogen) atoms. The largest absolute Gasteiger partial charge is 0.358 e. The van der Waals surface area contributed by atoms with Crippen LogP contribution in [-0.2, 0) is 0 Å².